The van der Waals surface area contributed by atoms with Gasteiger partial charge >= 0.3 is 6.09 Å². The van der Waals surface area contributed by atoms with Crippen LogP contribution >= 0.6 is 0 Å². The second kappa shape index (κ2) is 4.45. The molecular weight excluding hydrogens is 173 g/mol. The number of halogens is 1. The van der Waals surface area contributed by atoms with Gasteiger partial charge < -0.3 is 10.1 Å². The number of nitrogens with one attached hydrogen (secondary N) is 1. The number of hydrogen-bond donors (Lipinski definition) is 1. The maximum atomic E-state index is 12.4. The summed E-state index contributed by atoms with van der Waals surface area (Å²) in [5.74, 6) is -0.290. The van der Waals surface area contributed by atoms with E-state index in [-0.39, 0.29) is 5.82 Å². The van der Waals surface area contributed by atoms with Gasteiger partial charge in [-0.3, -0.25) is 0 Å². The van der Waals surface area contributed by atoms with E-state index in [1.54, 1.807) is 12.1 Å². The Hall–Kier alpha value is -1.58. The predicted octanol–water partition coefficient (Wildman–Crippen LogP) is 1.68. The van der Waals surface area contributed by atoms with Crippen molar-refractivity contribution in [1.29, 1.82) is 0 Å². The molecule has 0 fully saturated rings. The van der Waals surface area contributed by atoms with E-state index in [2.05, 4.69) is 10.1 Å². The summed E-state index contributed by atoms with van der Waals surface area (Å²) in [6, 6.07) is 5.89. The Morgan fingerprint density at radius 1 is 1.46 bits per heavy atom. The maximum absolute atomic E-state index is 12.4. The Morgan fingerprint density at radius 3 is 2.62 bits per heavy atom. The van der Waals surface area contributed by atoms with Crippen LogP contribution in [0, 0.1) is 5.82 Å². The van der Waals surface area contributed by atoms with Gasteiger partial charge in [0.05, 0.1) is 7.11 Å². The minimum atomic E-state index is -0.496. The van der Waals surface area contributed by atoms with Crippen LogP contribution in [0.1, 0.15) is 5.56 Å². The van der Waals surface area contributed by atoms with Crippen molar-refractivity contribution in [2.45, 2.75) is 6.54 Å². The topological polar surface area (TPSA) is 38.3 Å². The number of carbonyl (C=O) groups is 1. The molecule has 70 valence electrons. The van der Waals surface area contributed by atoms with Crippen molar-refractivity contribution in [3.63, 3.8) is 0 Å². The Morgan fingerprint density at radius 2 is 2.08 bits per heavy atom. The van der Waals surface area contributed by atoms with Crippen molar-refractivity contribution in [1.82, 2.24) is 5.32 Å². The third-order valence-electron chi connectivity index (χ3n) is 1.54. The molecule has 1 aromatic rings. The number of rotatable bonds is 2. The zero-order valence-corrected chi connectivity index (χ0v) is 7.21. The zero-order chi connectivity index (χ0) is 9.68. The molecule has 0 saturated heterocycles. The lowest BCUT2D eigenvalue weighted by molar-refractivity contribution is 0.170. The number of alkyl carbamates (subject to hydrolysis) is 1. The molecule has 1 rings (SSSR count). The lowest BCUT2D eigenvalue weighted by atomic mass is 10.2. The first-order valence-corrected chi connectivity index (χ1v) is 3.78. The van der Waals surface area contributed by atoms with Crippen molar-refractivity contribution in [2.24, 2.45) is 0 Å². The molecule has 0 aliphatic rings. The van der Waals surface area contributed by atoms with Crippen LogP contribution in [-0.4, -0.2) is 13.2 Å². The zero-order valence-electron chi connectivity index (χ0n) is 7.21. The van der Waals surface area contributed by atoms with Gasteiger partial charge in [-0.1, -0.05) is 12.1 Å². The number of carbonyl (C=O) groups excluding carboxylic acids is 1. The van der Waals surface area contributed by atoms with Gasteiger partial charge in [-0.05, 0) is 17.7 Å². The van der Waals surface area contributed by atoms with E-state index in [0.717, 1.165) is 5.56 Å². The van der Waals surface area contributed by atoms with Crippen molar-refractivity contribution in [3.8, 4) is 0 Å². The average molecular weight is 183 g/mol. The first-order valence-electron chi connectivity index (χ1n) is 3.78. The highest BCUT2D eigenvalue weighted by Gasteiger charge is 1.98. The van der Waals surface area contributed by atoms with Gasteiger partial charge in [0, 0.05) is 6.54 Å². The fraction of sp³-hybridized carbons (Fsp3) is 0.222. The first kappa shape index (κ1) is 9.51. The van der Waals surface area contributed by atoms with Gasteiger partial charge in [0.2, 0.25) is 0 Å². The summed E-state index contributed by atoms with van der Waals surface area (Å²) in [4.78, 5) is 10.6. The molecule has 0 atom stereocenters. The minimum Gasteiger partial charge on any atom is -0.453 e. The molecule has 4 heteroatoms. The highest BCUT2D eigenvalue weighted by atomic mass is 19.1. The third kappa shape index (κ3) is 3.11. The molecule has 1 N–H and O–H groups in total. The van der Waals surface area contributed by atoms with E-state index >= 15 is 0 Å². The number of ether oxygens (including phenoxy) is 1. The van der Waals surface area contributed by atoms with Gasteiger partial charge in [-0.15, -0.1) is 0 Å². The largest absolute Gasteiger partial charge is 0.453 e. The van der Waals surface area contributed by atoms with E-state index in [9.17, 15) is 9.18 Å². The molecule has 13 heavy (non-hydrogen) atoms. The standard InChI is InChI=1S/C9H10FNO2/c1-13-9(12)11-6-7-2-4-8(10)5-3-7/h2-5H,6H2,1H3,(H,11,12). The molecule has 3 nitrogen and oxygen atoms in total. The van der Waals surface area contributed by atoms with E-state index in [0.29, 0.717) is 6.54 Å². The second-order valence-corrected chi connectivity index (χ2v) is 2.47. The van der Waals surface area contributed by atoms with Crippen LogP contribution in [0.15, 0.2) is 24.3 Å². The molecule has 1 amide bonds. The summed E-state index contributed by atoms with van der Waals surface area (Å²) in [5, 5.41) is 2.48. The maximum Gasteiger partial charge on any atom is 0.407 e. The van der Waals surface area contributed by atoms with Gasteiger partial charge in [-0.25, -0.2) is 9.18 Å². The Balaban J connectivity index is 2.46. The predicted molar refractivity (Wildman–Crippen MR) is 45.6 cm³/mol. The Bertz CT molecular complexity index is 284. The van der Waals surface area contributed by atoms with Crippen LogP contribution in [0.5, 0.6) is 0 Å². The SMILES string of the molecule is COC(=O)NCc1ccc(F)cc1. The molecule has 0 aliphatic heterocycles. The number of hydrogen-bond acceptors (Lipinski definition) is 2. The van der Waals surface area contributed by atoms with Crippen molar-refractivity contribution >= 4 is 6.09 Å². The lowest BCUT2D eigenvalue weighted by Crippen LogP contribution is -2.22. The number of methoxy groups -OCH3 is 1. The van der Waals surface area contributed by atoms with E-state index in [4.69, 9.17) is 0 Å². The van der Waals surface area contributed by atoms with Crippen LogP contribution < -0.4 is 5.32 Å². The van der Waals surface area contributed by atoms with E-state index in [1.807, 2.05) is 0 Å². The quantitative estimate of drug-likeness (QED) is 0.757. The lowest BCUT2D eigenvalue weighted by Gasteiger charge is -2.02. The molecule has 0 saturated carbocycles. The van der Waals surface area contributed by atoms with Crippen LogP contribution in [0.3, 0.4) is 0 Å². The monoisotopic (exact) mass is 183 g/mol. The summed E-state index contributed by atoms with van der Waals surface area (Å²) in [7, 11) is 1.29. The highest BCUT2D eigenvalue weighted by molar-refractivity contribution is 5.66. The fourth-order valence-electron chi connectivity index (χ4n) is 0.849. The fourth-order valence-corrected chi connectivity index (χ4v) is 0.849. The number of amides is 1. The second-order valence-electron chi connectivity index (χ2n) is 2.47. The molecule has 0 heterocycles. The summed E-state index contributed by atoms with van der Waals surface area (Å²) < 4.78 is 16.8. The third-order valence-corrected chi connectivity index (χ3v) is 1.54. The molecule has 0 aliphatic carbocycles. The summed E-state index contributed by atoms with van der Waals surface area (Å²) in [6.45, 7) is 0.340. The Labute approximate surface area is 75.5 Å². The van der Waals surface area contributed by atoms with Crippen molar-refractivity contribution in [3.05, 3.63) is 35.6 Å². The minimum absolute atomic E-state index is 0.290. The molecule has 0 spiro atoms. The number of benzene rings is 1. The van der Waals surface area contributed by atoms with Crippen molar-refractivity contribution in [2.75, 3.05) is 7.11 Å². The van der Waals surface area contributed by atoms with Gasteiger partial charge in [0.25, 0.3) is 0 Å². The van der Waals surface area contributed by atoms with Crippen LogP contribution in [0.2, 0.25) is 0 Å². The van der Waals surface area contributed by atoms with Gasteiger partial charge in [0.15, 0.2) is 0 Å². The van der Waals surface area contributed by atoms with Crippen LogP contribution in [0.25, 0.3) is 0 Å². The average Bonchev–Trinajstić information content (AvgIpc) is 2.16. The molecule has 1 aromatic carbocycles. The molecule has 0 bridgehead atoms. The van der Waals surface area contributed by atoms with Gasteiger partial charge in [-0.2, -0.15) is 0 Å². The van der Waals surface area contributed by atoms with Crippen molar-refractivity contribution < 1.29 is 13.9 Å². The molecule has 0 unspecified atom stereocenters. The highest BCUT2D eigenvalue weighted by Crippen LogP contribution is 2.01. The molecule has 0 radical (unpaired) electrons. The summed E-state index contributed by atoms with van der Waals surface area (Å²) in [6.07, 6.45) is -0.496. The van der Waals surface area contributed by atoms with Crippen LogP contribution in [0.4, 0.5) is 9.18 Å². The summed E-state index contributed by atoms with van der Waals surface area (Å²) in [5.41, 5.74) is 0.826. The van der Waals surface area contributed by atoms with Crippen LogP contribution in [-0.2, 0) is 11.3 Å². The van der Waals surface area contributed by atoms with E-state index < -0.39 is 6.09 Å². The summed E-state index contributed by atoms with van der Waals surface area (Å²) >= 11 is 0. The van der Waals surface area contributed by atoms with Gasteiger partial charge in [0.1, 0.15) is 5.82 Å². The Kier molecular flexibility index (Phi) is 3.25. The normalized spacial score (nSPS) is 9.38. The molecule has 0 aromatic heterocycles. The first-order chi connectivity index (χ1) is 6.22. The molecular formula is C9H10FNO2. The van der Waals surface area contributed by atoms with E-state index in [1.165, 1.54) is 19.2 Å². The smallest absolute Gasteiger partial charge is 0.407 e.